The van der Waals surface area contributed by atoms with Crippen LogP contribution in [0.25, 0.3) is 0 Å². The highest BCUT2D eigenvalue weighted by Crippen LogP contribution is 2.23. The van der Waals surface area contributed by atoms with Gasteiger partial charge < -0.3 is 19.9 Å². The fourth-order valence-corrected chi connectivity index (χ4v) is 2.40. The van der Waals surface area contributed by atoms with Crippen LogP contribution in [-0.2, 0) is 4.79 Å². The van der Waals surface area contributed by atoms with E-state index in [0.29, 0.717) is 11.3 Å². The van der Waals surface area contributed by atoms with E-state index in [-0.39, 0.29) is 11.4 Å². The lowest BCUT2D eigenvalue weighted by Gasteiger charge is -2.21. The Balaban J connectivity index is 2.06. The van der Waals surface area contributed by atoms with Crippen LogP contribution in [0.1, 0.15) is 18.4 Å². The molecule has 9 nitrogen and oxygen atoms in total. The van der Waals surface area contributed by atoms with Crippen molar-refractivity contribution < 1.29 is 29.1 Å². The average molecular weight is 374 g/mol. The average Bonchev–Trinajstić information content (AvgIpc) is 2.66. The van der Waals surface area contributed by atoms with Gasteiger partial charge in [-0.05, 0) is 29.8 Å². The normalized spacial score (nSPS) is 12.5. The summed E-state index contributed by atoms with van der Waals surface area (Å²) in [6.07, 6.45) is -0.975. The quantitative estimate of drug-likeness (QED) is 0.563. The summed E-state index contributed by atoms with van der Waals surface area (Å²) in [5.41, 5.74) is 0.540. The summed E-state index contributed by atoms with van der Waals surface area (Å²) in [4.78, 5) is 33.6. The van der Waals surface area contributed by atoms with Crippen molar-refractivity contribution in [3.05, 3.63) is 64.2 Å². The third-order valence-corrected chi connectivity index (χ3v) is 3.94. The van der Waals surface area contributed by atoms with Crippen LogP contribution in [-0.4, -0.2) is 35.2 Å². The molecule has 0 fully saturated rings. The van der Waals surface area contributed by atoms with Gasteiger partial charge in [-0.1, -0.05) is 19.1 Å². The highest BCUT2D eigenvalue weighted by atomic mass is 16.6. The van der Waals surface area contributed by atoms with Gasteiger partial charge in [-0.3, -0.25) is 10.1 Å². The van der Waals surface area contributed by atoms with Crippen LogP contribution in [0.5, 0.6) is 11.5 Å². The maximum atomic E-state index is 12.0. The lowest BCUT2D eigenvalue weighted by atomic mass is 9.93. The molecule has 0 aromatic heterocycles. The Morgan fingerprint density at radius 3 is 2.11 bits per heavy atom. The topological polar surface area (TPSA) is 128 Å². The van der Waals surface area contributed by atoms with Crippen molar-refractivity contribution in [2.24, 2.45) is 0 Å². The van der Waals surface area contributed by atoms with Crippen LogP contribution in [0.2, 0.25) is 0 Å². The van der Waals surface area contributed by atoms with E-state index in [9.17, 15) is 24.8 Å². The number of carbonyl (C=O) groups excluding carboxylic acids is 1. The number of rotatable bonds is 7. The predicted octanol–water partition coefficient (Wildman–Crippen LogP) is 2.95. The first-order valence-corrected chi connectivity index (χ1v) is 7.91. The molecular weight excluding hydrogens is 356 g/mol. The molecule has 0 saturated heterocycles. The van der Waals surface area contributed by atoms with Gasteiger partial charge in [0.05, 0.1) is 12.0 Å². The van der Waals surface area contributed by atoms with Gasteiger partial charge in [0.2, 0.25) is 0 Å². The number of nitrogens with zero attached hydrogens (tertiary/aromatic N) is 1. The monoisotopic (exact) mass is 374 g/mol. The second kappa shape index (κ2) is 8.65. The lowest BCUT2D eigenvalue weighted by molar-refractivity contribution is -0.384. The maximum absolute atomic E-state index is 12.0. The van der Waals surface area contributed by atoms with Gasteiger partial charge >= 0.3 is 12.1 Å². The van der Waals surface area contributed by atoms with E-state index in [2.05, 4.69) is 5.32 Å². The molecule has 2 rings (SSSR count). The number of ether oxygens (including phenoxy) is 2. The number of nitro benzene ring substituents is 1. The zero-order chi connectivity index (χ0) is 20.0. The molecule has 27 heavy (non-hydrogen) atoms. The Morgan fingerprint density at radius 2 is 1.63 bits per heavy atom. The number of amides is 1. The standard InChI is InChI=1S/C18H18N2O7/c1-11(12-3-7-14(26-2)8-4-12)16(17(21)22)19-18(23)27-15-9-5-13(6-10-15)20(24)25/h3-11,16H,1-2H3,(H,19,23)(H,21,22). The molecule has 0 radical (unpaired) electrons. The van der Waals surface area contributed by atoms with Crippen molar-refractivity contribution in [3.63, 3.8) is 0 Å². The highest BCUT2D eigenvalue weighted by molar-refractivity contribution is 5.81. The molecule has 2 atom stereocenters. The van der Waals surface area contributed by atoms with Crippen molar-refractivity contribution in [1.82, 2.24) is 5.32 Å². The molecule has 2 aromatic carbocycles. The summed E-state index contributed by atoms with van der Waals surface area (Å²) in [6, 6.07) is 10.4. The Labute approximate surface area is 154 Å². The molecule has 2 unspecified atom stereocenters. The first-order chi connectivity index (χ1) is 12.8. The van der Waals surface area contributed by atoms with Crippen molar-refractivity contribution >= 4 is 17.7 Å². The third-order valence-electron chi connectivity index (χ3n) is 3.94. The Hall–Kier alpha value is -3.62. The van der Waals surface area contributed by atoms with E-state index in [4.69, 9.17) is 9.47 Å². The van der Waals surface area contributed by atoms with E-state index < -0.39 is 28.9 Å². The van der Waals surface area contributed by atoms with Gasteiger partial charge in [0, 0.05) is 18.1 Å². The van der Waals surface area contributed by atoms with Crippen LogP contribution in [0.15, 0.2) is 48.5 Å². The summed E-state index contributed by atoms with van der Waals surface area (Å²) >= 11 is 0. The minimum atomic E-state index is -1.23. The number of nitro groups is 1. The number of carboxylic acid groups (broad SMARTS) is 1. The third kappa shape index (κ3) is 5.18. The van der Waals surface area contributed by atoms with Crippen molar-refractivity contribution in [2.45, 2.75) is 18.9 Å². The van der Waals surface area contributed by atoms with Gasteiger partial charge in [0.25, 0.3) is 5.69 Å². The number of aliphatic carboxylic acids is 1. The number of carbonyl (C=O) groups is 2. The lowest BCUT2D eigenvalue weighted by Crippen LogP contribution is -2.45. The SMILES string of the molecule is COc1ccc(C(C)C(NC(=O)Oc2ccc([N+](=O)[O-])cc2)C(=O)O)cc1. The fraction of sp³-hybridized carbons (Fsp3) is 0.222. The Morgan fingerprint density at radius 1 is 1.07 bits per heavy atom. The molecular formula is C18H18N2O7. The molecule has 9 heteroatoms. The van der Waals surface area contributed by atoms with Crippen molar-refractivity contribution in [3.8, 4) is 11.5 Å². The largest absolute Gasteiger partial charge is 0.497 e. The molecule has 0 heterocycles. The van der Waals surface area contributed by atoms with E-state index in [1.54, 1.807) is 31.2 Å². The van der Waals surface area contributed by atoms with Crippen molar-refractivity contribution in [2.75, 3.05) is 7.11 Å². The van der Waals surface area contributed by atoms with Crippen LogP contribution in [0.3, 0.4) is 0 Å². The zero-order valence-corrected chi connectivity index (χ0v) is 14.6. The summed E-state index contributed by atoms with van der Waals surface area (Å²) in [5, 5.41) is 22.4. The van der Waals surface area contributed by atoms with Crippen LogP contribution in [0, 0.1) is 10.1 Å². The molecule has 2 aromatic rings. The van der Waals surface area contributed by atoms with Crippen LogP contribution < -0.4 is 14.8 Å². The summed E-state index contributed by atoms with van der Waals surface area (Å²) < 4.78 is 10.1. The number of carboxylic acids is 1. The van der Waals surface area contributed by atoms with Gasteiger partial charge in [0.15, 0.2) is 0 Å². The van der Waals surface area contributed by atoms with E-state index in [1.165, 1.54) is 31.4 Å². The second-order valence-corrected chi connectivity index (χ2v) is 5.66. The first-order valence-electron chi connectivity index (χ1n) is 7.91. The number of non-ortho nitro benzene ring substituents is 1. The number of methoxy groups -OCH3 is 1. The molecule has 142 valence electrons. The van der Waals surface area contributed by atoms with Gasteiger partial charge in [-0.25, -0.2) is 9.59 Å². The number of hydrogen-bond donors (Lipinski definition) is 2. The number of benzene rings is 2. The van der Waals surface area contributed by atoms with Gasteiger partial charge in [0.1, 0.15) is 17.5 Å². The Bertz CT molecular complexity index is 819. The van der Waals surface area contributed by atoms with Crippen LogP contribution >= 0.6 is 0 Å². The fourth-order valence-electron chi connectivity index (χ4n) is 2.40. The molecule has 0 bridgehead atoms. The molecule has 0 spiro atoms. The molecule has 0 saturated carbocycles. The minimum Gasteiger partial charge on any atom is -0.497 e. The van der Waals surface area contributed by atoms with Gasteiger partial charge in [-0.15, -0.1) is 0 Å². The molecule has 1 amide bonds. The van der Waals surface area contributed by atoms with Crippen LogP contribution in [0.4, 0.5) is 10.5 Å². The second-order valence-electron chi connectivity index (χ2n) is 5.66. The maximum Gasteiger partial charge on any atom is 0.413 e. The molecule has 0 aliphatic heterocycles. The van der Waals surface area contributed by atoms with E-state index in [0.717, 1.165) is 0 Å². The predicted molar refractivity (Wildman–Crippen MR) is 95.1 cm³/mol. The number of nitrogens with one attached hydrogen (secondary N) is 1. The highest BCUT2D eigenvalue weighted by Gasteiger charge is 2.28. The molecule has 0 aliphatic carbocycles. The number of hydrogen-bond acceptors (Lipinski definition) is 6. The zero-order valence-electron chi connectivity index (χ0n) is 14.6. The van der Waals surface area contributed by atoms with E-state index >= 15 is 0 Å². The molecule has 0 aliphatic rings. The summed E-state index contributed by atoms with van der Waals surface area (Å²) in [7, 11) is 1.52. The minimum absolute atomic E-state index is 0.0549. The van der Waals surface area contributed by atoms with E-state index in [1.807, 2.05) is 0 Å². The molecule has 2 N–H and O–H groups in total. The van der Waals surface area contributed by atoms with Crippen molar-refractivity contribution in [1.29, 1.82) is 0 Å². The van der Waals surface area contributed by atoms with Gasteiger partial charge in [-0.2, -0.15) is 0 Å². The smallest absolute Gasteiger partial charge is 0.413 e. The summed E-state index contributed by atoms with van der Waals surface area (Å²) in [5.74, 6) is -1.08. The first kappa shape index (κ1) is 19.7. The Kier molecular flexibility index (Phi) is 6.32. The summed E-state index contributed by atoms with van der Waals surface area (Å²) in [6.45, 7) is 1.66.